The molecule has 1 fully saturated rings. The van der Waals surface area contributed by atoms with Crippen molar-refractivity contribution in [3.05, 3.63) is 11.6 Å². The van der Waals surface area contributed by atoms with Crippen LogP contribution in [0.3, 0.4) is 0 Å². The van der Waals surface area contributed by atoms with Crippen molar-refractivity contribution in [2.24, 2.45) is 17.3 Å². The number of carbonyl (C=O) groups is 3. The number of likely N-dealkylation sites (tertiary alicyclic amines) is 1. The van der Waals surface area contributed by atoms with Crippen molar-refractivity contribution in [3.8, 4) is 0 Å². The highest BCUT2D eigenvalue weighted by atomic mass is 16.5. The maximum Gasteiger partial charge on any atom is 0.333 e. The zero-order valence-corrected chi connectivity index (χ0v) is 24.1. The minimum atomic E-state index is -0.685. The van der Waals surface area contributed by atoms with Crippen LogP contribution in [0.25, 0.3) is 0 Å². The first-order chi connectivity index (χ1) is 16.1. The number of amides is 2. The Bertz CT molecular complexity index is 754. The van der Waals surface area contributed by atoms with Gasteiger partial charge in [-0.2, -0.15) is 0 Å². The predicted octanol–water partition coefficient (Wildman–Crippen LogP) is 4.41. The van der Waals surface area contributed by atoms with E-state index in [-0.39, 0.29) is 35.8 Å². The summed E-state index contributed by atoms with van der Waals surface area (Å²) in [5.41, 5.74) is -0.00643. The van der Waals surface area contributed by atoms with Gasteiger partial charge in [-0.1, -0.05) is 61.0 Å². The second-order valence-electron chi connectivity index (χ2n) is 11.8. The lowest BCUT2D eigenvalue weighted by Crippen LogP contribution is -2.61. The second kappa shape index (κ2) is 13.4. The van der Waals surface area contributed by atoms with E-state index in [4.69, 9.17) is 4.74 Å². The van der Waals surface area contributed by atoms with E-state index in [0.717, 1.165) is 25.8 Å². The van der Waals surface area contributed by atoms with Gasteiger partial charge in [0.15, 0.2) is 0 Å². The van der Waals surface area contributed by atoms with E-state index < -0.39 is 11.5 Å². The molecule has 1 rings (SSSR count). The van der Waals surface area contributed by atoms with Crippen LogP contribution < -0.4 is 5.32 Å². The van der Waals surface area contributed by atoms with Crippen LogP contribution in [0.2, 0.25) is 0 Å². The van der Waals surface area contributed by atoms with Gasteiger partial charge in [0.05, 0.1) is 18.7 Å². The molecule has 4 atom stereocenters. The highest BCUT2D eigenvalue weighted by Gasteiger charge is 2.40. The van der Waals surface area contributed by atoms with E-state index in [1.165, 1.54) is 0 Å². The molecule has 202 valence electrons. The number of nitrogens with zero attached hydrogens (tertiary/aromatic N) is 2. The van der Waals surface area contributed by atoms with Gasteiger partial charge in [0, 0.05) is 18.7 Å². The average Bonchev–Trinajstić information content (AvgIpc) is 2.78. The van der Waals surface area contributed by atoms with E-state index >= 15 is 0 Å². The molecule has 0 bridgehead atoms. The second-order valence-corrected chi connectivity index (χ2v) is 11.8. The summed E-state index contributed by atoms with van der Waals surface area (Å²) in [5.74, 6) is -0.0903. The summed E-state index contributed by atoms with van der Waals surface area (Å²) in [4.78, 5) is 43.5. The van der Waals surface area contributed by atoms with E-state index in [1.807, 2.05) is 34.6 Å². The molecular weight excluding hydrogens is 442 g/mol. The van der Waals surface area contributed by atoms with Crippen LogP contribution >= 0.6 is 0 Å². The lowest BCUT2D eigenvalue weighted by molar-refractivity contribution is -0.142. The summed E-state index contributed by atoms with van der Waals surface area (Å²) in [6.07, 6.45) is 4.71. The third-order valence-electron chi connectivity index (χ3n) is 7.23. The topological polar surface area (TPSA) is 79.0 Å². The van der Waals surface area contributed by atoms with Crippen LogP contribution in [0.1, 0.15) is 88.5 Å². The molecule has 0 aromatic heterocycles. The third-order valence-corrected chi connectivity index (χ3v) is 7.23. The third kappa shape index (κ3) is 8.62. The fourth-order valence-electron chi connectivity index (χ4n) is 4.66. The molecule has 0 saturated carbocycles. The smallest absolute Gasteiger partial charge is 0.333 e. The largest absolute Gasteiger partial charge is 0.463 e. The lowest BCUT2D eigenvalue weighted by Gasteiger charge is -2.42. The number of esters is 1. The lowest BCUT2D eigenvalue weighted by atomic mass is 9.84. The quantitative estimate of drug-likeness (QED) is 0.360. The first kappa shape index (κ1) is 31.1. The molecule has 1 aliphatic heterocycles. The Hall–Kier alpha value is -1.89. The van der Waals surface area contributed by atoms with Crippen molar-refractivity contribution in [2.75, 3.05) is 20.2 Å². The summed E-state index contributed by atoms with van der Waals surface area (Å²) in [6.45, 7) is 21.2. The van der Waals surface area contributed by atoms with Crippen molar-refractivity contribution in [3.63, 3.8) is 0 Å². The molecule has 0 aromatic carbocycles. The van der Waals surface area contributed by atoms with Crippen molar-refractivity contribution in [2.45, 2.75) is 113 Å². The molecule has 2 unspecified atom stereocenters. The Kier molecular flexibility index (Phi) is 11.9. The van der Waals surface area contributed by atoms with E-state index in [0.29, 0.717) is 24.1 Å². The first-order valence-electron chi connectivity index (χ1n) is 13.3. The summed E-state index contributed by atoms with van der Waals surface area (Å²) >= 11 is 0. The van der Waals surface area contributed by atoms with Crippen LogP contribution in [0.5, 0.6) is 0 Å². The fraction of sp³-hybridized carbons (Fsp3) is 0.821. The fourth-order valence-corrected chi connectivity index (χ4v) is 4.66. The molecule has 1 saturated heterocycles. The van der Waals surface area contributed by atoms with Gasteiger partial charge < -0.3 is 15.0 Å². The predicted molar refractivity (Wildman–Crippen MR) is 142 cm³/mol. The van der Waals surface area contributed by atoms with Crippen LogP contribution in [-0.2, 0) is 19.1 Å². The first-order valence-corrected chi connectivity index (χ1v) is 13.3. The van der Waals surface area contributed by atoms with Crippen LogP contribution in [0.15, 0.2) is 11.6 Å². The van der Waals surface area contributed by atoms with Crippen molar-refractivity contribution >= 4 is 17.8 Å². The number of hydrogen-bond donors (Lipinski definition) is 1. The molecule has 7 heteroatoms. The molecule has 2 amide bonds. The number of ether oxygens (including phenoxy) is 1. The average molecular weight is 494 g/mol. The summed E-state index contributed by atoms with van der Waals surface area (Å²) in [6, 6.07) is -0.925. The minimum absolute atomic E-state index is 0.0711. The number of piperidine rings is 1. The summed E-state index contributed by atoms with van der Waals surface area (Å²) in [5, 5.41) is 3.14. The Balaban J connectivity index is 3.19. The molecule has 35 heavy (non-hydrogen) atoms. The normalized spacial score (nSPS) is 20.4. The monoisotopic (exact) mass is 493 g/mol. The van der Waals surface area contributed by atoms with Gasteiger partial charge in [-0.3, -0.25) is 14.5 Å². The Morgan fingerprint density at radius 3 is 2.17 bits per heavy atom. The zero-order valence-electron chi connectivity index (χ0n) is 24.1. The van der Waals surface area contributed by atoms with E-state index in [1.54, 1.807) is 31.9 Å². The highest BCUT2D eigenvalue weighted by molar-refractivity contribution is 5.91. The van der Waals surface area contributed by atoms with E-state index in [9.17, 15) is 14.4 Å². The van der Waals surface area contributed by atoms with Gasteiger partial charge in [-0.05, 0) is 57.4 Å². The Morgan fingerprint density at radius 1 is 1.09 bits per heavy atom. The molecular formula is C28H51N3O4. The standard InChI is InChI=1S/C28H51N3O4/c1-12-35-27(34)20(6)17-23(19(4)5)30(11)26(33)24(28(8,9)10)29-25(32)22-15-13-14-16-31(22)21(7)18(2)3/h17-19,21-24H,12-16H2,1-11H3,(H,29,32)/t21?,22-,23-,24?/m1/s1. The Morgan fingerprint density at radius 2 is 1.69 bits per heavy atom. The molecule has 0 spiro atoms. The molecule has 0 aromatic rings. The molecule has 1 N–H and O–H groups in total. The highest BCUT2D eigenvalue weighted by Crippen LogP contribution is 2.27. The summed E-state index contributed by atoms with van der Waals surface area (Å²) in [7, 11) is 1.75. The van der Waals surface area contributed by atoms with Crippen molar-refractivity contribution in [1.82, 2.24) is 15.1 Å². The number of nitrogens with one attached hydrogen (secondary N) is 1. The van der Waals surface area contributed by atoms with Crippen LogP contribution in [-0.4, -0.2) is 72.0 Å². The number of carbonyl (C=O) groups excluding carboxylic acids is 3. The Labute approximate surface area is 214 Å². The SMILES string of the molecule is CCOC(=O)C(C)=C[C@H](C(C)C)N(C)C(=O)C(NC(=O)[C@H]1CCCCN1C(C)C(C)C)C(C)(C)C. The zero-order chi connectivity index (χ0) is 27.1. The van der Waals surface area contributed by atoms with Crippen molar-refractivity contribution < 1.29 is 19.1 Å². The van der Waals surface area contributed by atoms with Crippen LogP contribution in [0.4, 0.5) is 0 Å². The number of rotatable bonds is 10. The van der Waals surface area contributed by atoms with Gasteiger partial charge in [0.1, 0.15) is 6.04 Å². The maximum absolute atomic E-state index is 13.8. The molecule has 7 nitrogen and oxygen atoms in total. The summed E-state index contributed by atoms with van der Waals surface area (Å²) < 4.78 is 5.12. The van der Waals surface area contributed by atoms with Crippen LogP contribution in [0, 0.1) is 17.3 Å². The molecule has 0 aliphatic carbocycles. The van der Waals surface area contributed by atoms with Gasteiger partial charge >= 0.3 is 5.97 Å². The van der Waals surface area contributed by atoms with Gasteiger partial charge in [0.2, 0.25) is 11.8 Å². The minimum Gasteiger partial charge on any atom is -0.463 e. The van der Waals surface area contributed by atoms with Gasteiger partial charge in [0.25, 0.3) is 0 Å². The van der Waals surface area contributed by atoms with E-state index in [2.05, 4.69) is 31.0 Å². The van der Waals surface area contributed by atoms with Gasteiger partial charge in [-0.25, -0.2) is 4.79 Å². The van der Waals surface area contributed by atoms with Crippen molar-refractivity contribution in [1.29, 1.82) is 0 Å². The van der Waals surface area contributed by atoms with Gasteiger partial charge in [-0.15, -0.1) is 0 Å². The maximum atomic E-state index is 13.8. The molecule has 0 radical (unpaired) electrons. The molecule has 1 heterocycles. The number of likely N-dealkylation sites (N-methyl/N-ethyl adjacent to an activating group) is 1. The number of hydrogen-bond acceptors (Lipinski definition) is 5. The molecule has 1 aliphatic rings.